The highest BCUT2D eigenvalue weighted by molar-refractivity contribution is 4.83. The molecule has 0 aromatic heterocycles. The van der Waals surface area contributed by atoms with Crippen molar-refractivity contribution < 1.29 is 0 Å². The molecule has 0 N–H and O–H groups in total. The Morgan fingerprint density at radius 3 is 1.93 bits per heavy atom. The van der Waals surface area contributed by atoms with Gasteiger partial charge in [-0.1, -0.05) is 45.1 Å². The van der Waals surface area contributed by atoms with Gasteiger partial charge in [-0.05, 0) is 44.4 Å². The Hall–Kier alpha value is -0.520. The van der Waals surface area contributed by atoms with E-state index in [1.807, 2.05) is 0 Å². The fourth-order valence-corrected chi connectivity index (χ4v) is 1.30. The highest BCUT2D eigenvalue weighted by Crippen LogP contribution is 2.04. The zero-order valence-electron chi connectivity index (χ0n) is 10.1. The van der Waals surface area contributed by atoms with E-state index in [4.69, 9.17) is 0 Å². The van der Waals surface area contributed by atoms with Gasteiger partial charge in [-0.3, -0.25) is 0 Å². The SMILES string of the molecule is CCC=CCCCCC=CCC(C)C. The molecular weight excluding hydrogens is 168 g/mol. The largest absolute Gasteiger partial charge is 0.0888 e. The quantitative estimate of drug-likeness (QED) is 0.372. The minimum atomic E-state index is 0.804. The van der Waals surface area contributed by atoms with Crippen molar-refractivity contribution in [1.82, 2.24) is 0 Å². The maximum absolute atomic E-state index is 2.34. The number of hydrogen-bond donors (Lipinski definition) is 0. The molecule has 0 radical (unpaired) electrons. The molecule has 0 aliphatic carbocycles. The van der Waals surface area contributed by atoms with Crippen LogP contribution in [0.3, 0.4) is 0 Å². The monoisotopic (exact) mass is 194 g/mol. The Balaban J connectivity index is 3.13. The highest BCUT2D eigenvalue weighted by atomic mass is 13.9. The smallest absolute Gasteiger partial charge is 0.0327 e. The summed E-state index contributed by atoms with van der Waals surface area (Å²) in [5.41, 5.74) is 0. The predicted molar refractivity (Wildman–Crippen MR) is 66.5 cm³/mol. The van der Waals surface area contributed by atoms with Gasteiger partial charge in [-0.2, -0.15) is 0 Å². The number of rotatable bonds is 8. The summed E-state index contributed by atoms with van der Waals surface area (Å²) in [4.78, 5) is 0. The van der Waals surface area contributed by atoms with Gasteiger partial charge in [0.2, 0.25) is 0 Å². The van der Waals surface area contributed by atoms with Crippen LogP contribution in [0.15, 0.2) is 24.3 Å². The number of allylic oxidation sites excluding steroid dienone is 4. The Morgan fingerprint density at radius 1 is 0.857 bits per heavy atom. The molecule has 0 saturated carbocycles. The molecule has 0 atom stereocenters. The van der Waals surface area contributed by atoms with Crippen LogP contribution in [-0.4, -0.2) is 0 Å². The van der Waals surface area contributed by atoms with E-state index in [-0.39, 0.29) is 0 Å². The van der Waals surface area contributed by atoms with Gasteiger partial charge in [0, 0.05) is 0 Å². The second-order valence-electron chi connectivity index (χ2n) is 4.27. The molecule has 0 aliphatic rings. The van der Waals surface area contributed by atoms with Gasteiger partial charge >= 0.3 is 0 Å². The molecule has 0 amide bonds. The van der Waals surface area contributed by atoms with E-state index in [2.05, 4.69) is 45.1 Å². The number of hydrogen-bond acceptors (Lipinski definition) is 0. The average molecular weight is 194 g/mol. The molecule has 0 bridgehead atoms. The standard InChI is InChI=1S/C14H26/c1-4-5-6-7-8-9-10-11-12-13-14(2)3/h5-6,11-12,14H,4,7-10,13H2,1-3H3. The summed E-state index contributed by atoms with van der Waals surface area (Å²) in [5.74, 6) is 0.804. The van der Waals surface area contributed by atoms with Crippen molar-refractivity contribution in [3.8, 4) is 0 Å². The van der Waals surface area contributed by atoms with E-state index in [0.29, 0.717) is 0 Å². The predicted octanol–water partition coefficient (Wildman–Crippen LogP) is 5.12. The van der Waals surface area contributed by atoms with Crippen molar-refractivity contribution in [2.24, 2.45) is 5.92 Å². The Kier molecular flexibility index (Phi) is 10.2. The van der Waals surface area contributed by atoms with E-state index in [1.54, 1.807) is 0 Å². The van der Waals surface area contributed by atoms with Gasteiger partial charge in [0.15, 0.2) is 0 Å². The van der Waals surface area contributed by atoms with Crippen LogP contribution in [0, 0.1) is 5.92 Å². The molecule has 0 aliphatic heterocycles. The second-order valence-corrected chi connectivity index (χ2v) is 4.27. The van der Waals surface area contributed by atoms with Crippen LogP contribution in [-0.2, 0) is 0 Å². The van der Waals surface area contributed by atoms with Gasteiger partial charge in [0.05, 0.1) is 0 Å². The maximum Gasteiger partial charge on any atom is -0.0327 e. The van der Waals surface area contributed by atoms with E-state index in [0.717, 1.165) is 5.92 Å². The summed E-state index contributed by atoms with van der Waals surface area (Å²) >= 11 is 0. The molecule has 0 rings (SSSR count). The van der Waals surface area contributed by atoms with E-state index in [1.165, 1.54) is 38.5 Å². The van der Waals surface area contributed by atoms with Crippen molar-refractivity contribution in [3.05, 3.63) is 24.3 Å². The molecule has 0 heterocycles. The summed E-state index contributed by atoms with van der Waals surface area (Å²) in [5, 5.41) is 0. The average Bonchev–Trinajstić information content (AvgIpc) is 2.15. The lowest BCUT2D eigenvalue weighted by atomic mass is 10.1. The Labute approximate surface area is 90.1 Å². The van der Waals surface area contributed by atoms with Crippen LogP contribution in [0.4, 0.5) is 0 Å². The van der Waals surface area contributed by atoms with E-state index in [9.17, 15) is 0 Å². The highest BCUT2D eigenvalue weighted by Gasteiger charge is 1.87. The van der Waals surface area contributed by atoms with Gasteiger partial charge < -0.3 is 0 Å². The fraction of sp³-hybridized carbons (Fsp3) is 0.714. The lowest BCUT2D eigenvalue weighted by molar-refractivity contribution is 0.660. The number of unbranched alkanes of at least 4 members (excludes halogenated alkanes) is 3. The van der Waals surface area contributed by atoms with Crippen LogP contribution in [0.5, 0.6) is 0 Å². The van der Waals surface area contributed by atoms with Crippen molar-refractivity contribution in [2.45, 2.75) is 59.3 Å². The molecule has 0 aromatic rings. The zero-order valence-corrected chi connectivity index (χ0v) is 10.1. The third-order valence-corrected chi connectivity index (χ3v) is 2.17. The third-order valence-electron chi connectivity index (χ3n) is 2.17. The van der Waals surface area contributed by atoms with Crippen LogP contribution in [0.1, 0.15) is 59.3 Å². The summed E-state index contributed by atoms with van der Waals surface area (Å²) < 4.78 is 0. The van der Waals surface area contributed by atoms with Gasteiger partial charge in [0.1, 0.15) is 0 Å². The van der Waals surface area contributed by atoms with Gasteiger partial charge in [-0.15, -0.1) is 0 Å². The Bertz CT molecular complexity index is 151. The Morgan fingerprint density at radius 2 is 1.43 bits per heavy atom. The molecule has 0 spiro atoms. The summed E-state index contributed by atoms with van der Waals surface area (Å²) in [6.07, 6.45) is 16.8. The molecule has 0 nitrogen and oxygen atoms in total. The normalized spacial score (nSPS) is 12.3. The molecule has 0 saturated heterocycles. The van der Waals surface area contributed by atoms with Crippen molar-refractivity contribution in [3.63, 3.8) is 0 Å². The second kappa shape index (κ2) is 10.6. The first-order valence-electron chi connectivity index (χ1n) is 6.07. The van der Waals surface area contributed by atoms with Gasteiger partial charge in [-0.25, -0.2) is 0 Å². The lowest BCUT2D eigenvalue weighted by Gasteiger charge is -1.97. The molecule has 0 aromatic carbocycles. The van der Waals surface area contributed by atoms with E-state index >= 15 is 0 Å². The topological polar surface area (TPSA) is 0 Å². The molecule has 82 valence electrons. The molecule has 0 heteroatoms. The van der Waals surface area contributed by atoms with Crippen LogP contribution in [0.25, 0.3) is 0 Å². The molecule has 0 unspecified atom stereocenters. The first kappa shape index (κ1) is 13.5. The van der Waals surface area contributed by atoms with Crippen molar-refractivity contribution in [2.75, 3.05) is 0 Å². The molecule has 14 heavy (non-hydrogen) atoms. The van der Waals surface area contributed by atoms with E-state index < -0.39 is 0 Å². The minimum absolute atomic E-state index is 0.804. The first-order valence-corrected chi connectivity index (χ1v) is 6.07. The van der Waals surface area contributed by atoms with Gasteiger partial charge in [0.25, 0.3) is 0 Å². The molecular formula is C14H26. The van der Waals surface area contributed by atoms with Crippen molar-refractivity contribution in [1.29, 1.82) is 0 Å². The minimum Gasteiger partial charge on any atom is -0.0888 e. The summed E-state index contributed by atoms with van der Waals surface area (Å²) in [6.45, 7) is 6.71. The zero-order chi connectivity index (χ0) is 10.6. The molecule has 0 fully saturated rings. The third kappa shape index (κ3) is 11.5. The van der Waals surface area contributed by atoms with Crippen LogP contribution < -0.4 is 0 Å². The lowest BCUT2D eigenvalue weighted by Crippen LogP contribution is -1.81. The maximum atomic E-state index is 2.34. The first-order chi connectivity index (χ1) is 6.77. The van der Waals surface area contributed by atoms with Crippen LogP contribution >= 0.6 is 0 Å². The summed E-state index contributed by atoms with van der Waals surface area (Å²) in [6, 6.07) is 0. The summed E-state index contributed by atoms with van der Waals surface area (Å²) in [7, 11) is 0. The fourth-order valence-electron chi connectivity index (χ4n) is 1.30. The van der Waals surface area contributed by atoms with Crippen LogP contribution in [0.2, 0.25) is 0 Å². The van der Waals surface area contributed by atoms with Crippen molar-refractivity contribution >= 4 is 0 Å².